The van der Waals surface area contributed by atoms with Gasteiger partial charge in [-0.1, -0.05) is 0 Å². The molecule has 1 heterocycles. The van der Waals surface area contributed by atoms with Crippen LogP contribution >= 0.6 is 0 Å². The topological polar surface area (TPSA) is 469 Å². The third-order valence-corrected chi connectivity index (χ3v) is 13.2. The Morgan fingerprint density at radius 3 is 1.82 bits per heavy atom. The number of phenols is 2. The standard InChI is InChI=1S/C27H23FN8O20S6/c28-25-32-26(34-27(33-25)31-16-8-13(10-20(24(16)38)61(50,51)52)57(39,40)4-3-56-62(53,54)55)30-12-1-2-15(18(7-12)59(44,45)46)35-36-23-21-11(6-19(22(23)29)60(47,48)49)5-14(9-17(21)37)58(41,42)43/h1-2,5-10,37-38H,3-4,29H2,(H,41,42,43)(H,44,45,46)(H,47,48,49)(H,50,51,52)(H,53,54,55)(H2,30,31,32,33,34)/b36-35+. The van der Waals surface area contributed by atoms with E-state index in [1.54, 1.807) is 0 Å². The number of halogens is 1. The average Bonchev–Trinajstić information content (AvgIpc) is 3.09. The SMILES string of the molecule is Nc1c(S(=O)(=O)O)cc2cc(S(=O)(=O)O)cc(O)c2c1/N=N/c1ccc(Nc2nc(F)nc(Nc3cc(S(=O)(=O)CCOS(=O)(=O)O)cc(S(=O)(=O)O)c3O)n2)cc1S(=O)(=O)O. The number of azo groups is 1. The van der Waals surface area contributed by atoms with Crippen LogP contribution in [-0.2, 0) is 64.9 Å². The highest BCUT2D eigenvalue weighted by atomic mass is 32.3. The summed E-state index contributed by atoms with van der Waals surface area (Å²) >= 11 is 0. The van der Waals surface area contributed by atoms with Crippen LogP contribution < -0.4 is 16.4 Å². The van der Waals surface area contributed by atoms with Crippen molar-refractivity contribution >= 4 is 112 Å². The van der Waals surface area contributed by atoms with Crippen molar-refractivity contribution in [1.29, 1.82) is 0 Å². The molecule has 0 spiro atoms. The largest absolute Gasteiger partial charge is 0.507 e. The maximum absolute atomic E-state index is 14.6. The van der Waals surface area contributed by atoms with Crippen molar-refractivity contribution < 1.29 is 92.1 Å². The van der Waals surface area contributed by atoms with Gasteiger partial charge in [-0.3, -0.25) is 22.8 Å². The van der Waals surface area contributed by atoms with E-state index in [9.17, 15) is 83.3 Å². The lowest BCUT2D eigenvalue weighted by Crippen LogP contribution is -2.16. The first-order valence-corrected chi connectivity index (χ1v) is 24.2. The van der Waals surface area contributed by atoms with E-state index >= 15 is 0 Å². The molecule has 334 valence electrons. The van der Waals surface area contributed by atoms with Gasteiger partial charge in [0.1, 0.15) is 31.8 Å². The molecule has 0 saturated carbocycles. The minimum Gasteiger partial charge on any atom is -0.507 e. The third kappa shape index (κ3) is 11.0. The van der Waals surface area contributed by atoms with Crippen LogP contribution in [0.15, 0.2) is 83.2 Å². The van der Waals surface area contributed by atoms with Crippen LogP contribution in [-0.4, -0.2) is 111 Å². The highest BCUT2D eigenvalue weighted by Gasteiger charge is 2.28. The van der Waals surface area contributed by atoms with Gasteiger partial charge in [0.25, 0.3) is 40.5 Å². The van der Waals surface area contributed by atoms with E-state index < -0.39 is 166 Å². The fourth-order valence-electron chi connectivity index (χ4n) is 5.05. The van der Waals surface area contributed by atoms with E-state index in [4.69, 9.17) is 10.3 Å². The van der Waals surface area contributed by atoms with E-state index in [0.29, 0.717) is 30.3 Å². The predicted molar refractivity (Wildman–Crippen MR) is 204 cm³/mol. The maximum atomic E-state index is 14.6. The average molecular weight is 991 g/mol. The summed E-state index contributed by atoms with van der Waals surface area (Å²) in [6, 6.07) is 4.95. The molecular formula is C27H23FN8O20S6. The van der Waals surface area contributed by atoms with E-state index in [1.807, 2.05) is 0 Å². The molecule has 4 aromatic carbocycles. The summed E-state index contributed by atoms with van der Waals surface area (Å²) in [5.74, 6) is -5.35. The van der Waals surface area contributed by atoms with E-state index in [2.05, 4.69) is 40.0 Å². The van der Waals surface area contributed by atoms with Gasteiger partial charge in [0.05, 0.1) is 38.9 Å². The Morgan fingerprint density at radius 1 is 0.661 bits per heavy atom. The monoisotopic (exact) mass is 990 g/mol. The van der Waals surface area contributed by atoms with Crippen LogP contribution in [0.4, 0.5) is 44.7 Å². The van der Waals surface area contributed by atoms with Crippen molar-refractivity contribution in [1.82, 2.24) is 15.0 Å². The molecule has 0 saturated heterocycles. The molecular weight excluding hydrogens is 968 g/mol. The summed E-state index contributed by atoms with van der Waals surface area (Å²) in [4.78, 5) is 4.69. The number of sulfone groups is 1. The van der Waals surface area contributed by atoms with Gasteiger partial charge in [-0.25, -0.2) is 12.6 Å². The molecule has 0 amide bonds. The molecule has 0 aliphatic rings. The molecule has 5 aromatic rings. The Morgan fingerprint density at radius 2 is 1.26 bits per heavy atom. The lowest BCUT2D eigenvalue weighted by Gasteiger charge is -2.14. The predicted octanol–water partition coefficient (Wildman–Crippen LogP) is 1.64. The highest BCUT2D eigenvalue weighted by Crippen LogP contribution is 2.44. The summed E-state index contributed by atoms with van der Waals surface area (Å²) in [6.45, 7) is -1.19. The molecule has 0 aliphatic heterocycles. The van der Waals surface area contributed by atoms with Crippen molar-refractivity contribution in [2.24, 2.45) is 10.2 Å². The van der Waals surface area contributed by atoms with Crippen LogP contribution in [0.1, 0.15) is 0 Å². The number of hydrogen-bond donors (Lipinski definition) is 10. The van der Waals surface area contributed by atoms with Gasteiger partial charge in [0, 0.05) is 11.8 Å². The van der Waals surface area contributed by atoms with Gasteiger partial charge in [-0.15, -0.1) is 10.2 Å². The van der Waals surface area contributed by atoms with Gasteiger partial charge in [-0.2, -0.15) is 61.4 Å². The maximum Gasteiger partial charge on any atom is 0.397 e. The number of nitrogen functional groups attached to an aromatic ring is 1. The zero-order valence-corrected chi connectivity index (χ0v) is 34.5. The number of aromatic hydroxyl groups is 2. The number of phenolic OH excluding ortho intramolecular Hbond substituents is 2. The molecule has 0 unspecified atom stereocenters. The molecule has 62 heavy (non-hydrogen) atoms. The second kappa shape index (κ2) is 16.4. The van der Waals surface area contributed by atoms with Crippen molar-refractivity contribution in [3.63, 3.8) is 0 Å². The fraction of sp³-hybridized carbons (Fsp3) is 0.0741. The second-order valence-electron chi connectivity index (χ2n) is 11.8. The van der Waals surface area contributed by atoms with Gasteiger partial charge in [0.2, 0.25) is 11.9 Å². The number of aromatic nitrogens is 3. The number of nitrogens with one attached hydrogen (secondary N) is 2. The smallest absolute Gasteiger partial charge is 0.397 e. The number of fused-ring (bicyclic) bond motifs is 1. The molecule has 11 N–H and O–H groups in total. The van der Waals surface area contributed by atoms with Crippen LogP contribution in [0.25, 0.3) is 10.8 Å². The van der Waals surface area contributed by atoms with Crippen LogP contribution in [0.2, 0.25) is 0 Å². The third-order valence-electron chi connectivity index (χ3n) is 7.62. The summed E-state index contributed by atoms with van der Waals surface area (Å²) < 4.78 is 210. The Balaban J connectivity index is 1.54. The first kappa shape index (κ1) is 47.2. The van der Waals surface area contributed by atoms with Crippen molar-refractivity contribution in [2.75, 3.05) is 28.7 Å². The van der Waals surface area contributed by atoms with Gasteiger partial charge in [-0.05, 0) is 47.9 Å². The van der Waals surface area contributed by atoms with Crippen molar-refractivity contribution in [3.05, 3.63) is 54.6 Å². The number of nitrogens with two attached hydrogens (primary N) is 1. The molecule has 5 rings (SSSR count). The normalized spacial score (nSPS) is 13.1. The van der Waals surface area contributed by atoms with Crippen molar-refractivity contribution in [2.45, 2.75) is 24.5 Å². The first-order chi connectivity index (χ1) is 28.2. The first-order valence-electron chi connectivity index (χ1n) is 15.5. The Kier molecular flexibility index (Phi) is 12.5. The molecule has 0 aliphatic carbocycles. The zero-order chi connectivity index (χ0) is 46.5. The zero-order valence-electron chi connectivity index (χ0n) is 29.6. The quantitative estimate of drug-likeness (QED) is 0.0308. The van der Waals surface area contributed by atoms with E-state index in [0.717, 1.165) is 12.1 Å². The number of benzene rings is 4. The number of anilines is 5. The van der Waals surface area contributed by atoms with Gasteiger partial charge < -0.3 is 26.6 Å². The lowest BCUT2D eigenvalue weighted by molar-refractivity contribution is 0.284. The molecule has 0 radical (unpaired) electrons. The van der Waals surface area contributed by atoms with Crippen LogP contribution in [0.3, 0.4) is 0 Å². The highest BCUT2D eigenvalue weighted by molar-refractivity contribution is 7.91. The molecule has 0 fully saturated rings. The molecule has 28 nitrogen and oxygen atoms in total. The van der Waals surface area contributed by atoms with Crippen LogP contribution in [0, 0.1) is 6.08 Å². The molecule has 0 atom stereocenters. The number of nitrogens with zero attached hydrogens (tertiary/aromatic N) is 5. The minimum absolute atomic E-state index is 0.259. The van der Waals surface area contributed by atoms with Crippen LogP contribution in [0.5, 0.6) is 11.5 Å². The molecule has 1 aromatic heterocycles. The Labute approximate surface area is 346 Å². The summed E-state index contributed by atoms with van der Waals surface area (Å²) in [6.07, 6.45) is -1.64. The van der Waals surface area contributed by atoms with Gasteiger partial charge >= 0.3 is 16.5 Å². The summed E-state index contributed by atoms with van der Waals surface area (Å²) in [5.41, 5.74) is 2.07. The lowest BCUT2D eigenvalue weighted by atomic mass is 10.1. The number of hydrogen-bond acceptors (Lipinski definition) is 23. The van der Waals surface area contributed by atoms with Crippen molar-refractivity contribution in [3.8, 4) is 11.5 Å². The van der Waals surface area contributed by atoms with E-state index in [1.165, 1.54) is 0 Å². The summed E-state index contributed by atoms with van der Waals surface area (Å²) in [5, 5.41) is 31.8. The van der Waals surface area contributed by atoms with E-state index in [-0.39, 0.29) is 6.07 Å². The Hall–Kier alpha value is -5.86. The summed E-state index contributed by atoms with van der Waals surface area (Å²) in [7, 11) is -30.8. The molecule has 0 bridgehead atoms. The molecule has 35 heteroatoms. The minimum atomic E-state index is -5.42. The second-order valence-corrected chi connectivity index (χ2v) is 20.6. The van der Waals surface area contributed by atoms with Gasteiger partial charge in [0.15, 0.2) is 15.6 Å². The fourth-order valence-corrected chi connectivity index (χ4v) is 9.12. The number of rotatable bonds is 15. The Bertz CT molecular complexity index is 3430.